The Bertz CT molecular complexity index is 587. The van der Waals surface area contributed by atoms with Gasteiger partial charge < -0.3 is 4.74 Å². The molecule has 3 aliphatic carbocycles. The van der Waals surface area contributed by atoms with E-state index in [1.54, 1.807) is 11.8 Å². The number of carbonyl (C=O) groups is 1. The van der Waals surface area contributed by atoms with Gasteiger partial charge in [-0.2, -0.15) is 0 Å². The molecule has 4 rings (SSSR count). The number of allylic oxidation sites excluding steroid dienone is 1. The highest BCUT2D eigenvalue weighted by Gasteiger charge is 2.62. The predicted octanol–water partition coefficient (Wildman–Crippen LogP) is 5.32. The Morgan fingerprint density at radius 3 is 2.72 bits per heavy atom. The lowest BCUT2D eigenvalue weighted by Gasteiger charge is -2.61. The molecule has 2 nitrogen and oxygen atoms in total. The first-order chi connectivity index (χ1) is 11.8. The highest BCUT2D eigenvalue weighted by molar-refractivity contribution is 8.14. The molecule has 0 amide bonds. The van der Waals surface area contributed by atoms with Gasteiger partial charge in [-0.3, -0.25) is 4.79 Å². The van der Waals surface area contributed by atoms with Crippen LogP contribution in [0.5, 0.6) is 0 Å². The summed E-state index contributed by atoms with van der Waals surface area (Å²) in [6.07, 6.45) is 11.1. The van der Waals surface area contributed by atoms with Crippen molar-refractivity contribution in [1.82, 2.24) is 0 Å². The van der Waals surface area contributed by atoms with Crippen molar-refractivity contribution in [2.24, 2.45) is 40.4 Å². The number of fused-ring (bicyclic) bond motifs is 5. The van der Waals surface area contributed by atoms with E-state index in [1.807, 2.05) is 13.2 Å². The van der Waals surface area contributed by atoms with Crippen LogP contribution >= 0.6 is 11.8 Å². The van der Waals surface area contributed by atoms with Crippen LogP contribution in [-0.2, 0) is 9.53 Å². The number of hydrogen-bond acceptors (Lipinski definition) is 3. The Kier molecular flexibility index (Phi) is 4.43. The zero-order valence-electron chi connectivity index (χ0n) is 16.5. The number of thioether (sulfide) groups is 1. The summed E-state index contributed by atoms with van der Waals surface area (Å²) in [5.41, 5.74) is 0.650. The van der Waals surface area contributed by atoms with Crippen LogP contribution in [0.2, 0.25) is 0 Å². The number of ether oxygens (including phenoxy) is 1. The van der Waals surface area contributed by atoms with Gasteiger partial charge in [-0.05, 0) is 80.1 Å². The minimum absolute atomic E-state index is 0.210. The van der Waals surface area contributed by atoms with Crippen LogP contribution in [0.1, 0.15) is 59.8 Å². The third kappa shape index (κ3) is 2.51. The van der Waals surface area contributed by atoms with Gasteiger partial charge in [0.25, 0.3) is 0 Å². The lowest BCUT2D eigenvalue weighted by molar-refractivity contribution is -0.109. The van der Waals surface area contributed by atoms with Crippen LogP contribution in [0, 0.1) is 40.4 Å². The maximum absolute atomic E-state index is 12.0. The summed E-state index contributed by atoms with van der Waals surface area (Å²) in [6, 6.07) is 0. The van der Waals surface area contributed by atoms with Gasteiger partial charge in [-0.15, -0.1) is 0 Å². The van der Waals surface area contributed by atoms with Crippen molar-refractivity contribution in [3.05, 3.63) is 12.2 Å². The fourth-order valence-corrected chi connectivity index (χ4v) is 8.84. The summed E-state index contributed by atoms with van der Waals surface area (Å²) in [4.78, 5) is 12.0. The fourth-order valence-electron chi connectivity index (χ4n) is 7.51. The van der Waals surface area contributed by atoms with E-state index in [-0.39, 0.29) is 10.5 Å². The van der Waals surface area contributed by atoms with E-state index in [1.165, 1.54) is 32.1 Å². The van der Waals surface area contributed by atoms with E-state index in [2.05, 4.69) is 33.8 Å². The van der Waals surface area contributed by atoms with E-state index in [0.29, 0.717) is 22.7 Å². The van der Waals surface area contributed by atoms with Crippen molar-refractivity contribution in [2.45, 2.75) is 71.2 Å². The molecule has 3 fully saturated rings. The molecule has 25 heavy (non-hydrogen) atoms. The van der Waals surface area contributed by atoms with E-state index >= 15 is 0 Å². The first-order valence-corrected chi connectivity index (χ1v) is 11.1. The predicted molar refractivity (Wildman–Crippen MR) is 104 cm³/mol. The van der Waals surface area contributed by atoms with Crippen molar-refractivity contribution >= 4 is 16.9 Å². The molecule has 3 heteroatoms. The zero-order chi connectivity index (χ0) is 18.0. The van der Waals surface area contributed by atoms with E-state index < -0.39 is 0 Å². The summed E-state index contributed by atoms with van der Waals surface area (Å²) in [5, 5.41) is 0.754. The summed E-state index contributed by atoms with van der Waals surface area (Å²) in [7, 11) is 1.88. The summed E-state index contributed by atoms with van der Waals surface area (Å²) < 4.78 is 5.78. The van der Waals surface area contributed by atoms with Gasteiger partial charge >= 0.3 is 0 Å². The van der Waals surface area contributed by atoms with Crippen LogP contribution in [-0.4, -0.2) is 23.6 Å². The number of hydrogen-bond donors (Lipinski definition) is 0. The quantitative estimate of drug-likeness (QED) is 0.664. The van der Waals surface area contributed by atoms with Crippen molar-refractivity contribution < 1.29 is 9.53 Å². The fraction of sp³-hybridized carbons (Fsp3) is 0.864. The molecule has 4 aliphatic rings. The van der Waals surface area contributed by atoms with Crippen LogP contribution in [0.3, 0.4) is 0 Å². The molecule has 140 valence electrons. The Labute approximate surface area is 157 Å². The average Bonchev–Trinajstić information content (AvgIpc) is 2.93. The summed E-state index contributed by atoms with van der Waals surface area (Å²) in [6.45, 7) is 9.76. The molecule has 3 saturated carbocycles. The highest BCUT2D eigenvalue weighted by atomic mass is 32.2. The molecule has 0 aromatic rings. The van der Waals surface area contributed by atoms with Crippen molar-refractivity contribution in [3.63, 3.8) is 0 Å². The van der Waals surface area contributed by atoms with Crippen molar-refractivity contribution in [3.8, 4) is 0 Å². The summed E-state index contributed by atoms with van der Waals surface area (Å²) >= 11 is 1.62. The number of rotatable bonds is 2. The molecular formula is C22H34O2S. The molecule has 4 unspecified atom stereocenters. The van der Waals surface area contributed by atoms with Gasteiger partial charge in [0.05, 0.1) is 6.10 Å². The molecule has 0 saturated heterocycles. The zero-order valence-corrected chi connectivity index (χ0v) is 17.3. The molecule has 0 aromatic carbocycles. The molecular weight excluding hydrogens is 328 g/mol. The minimum atomic E-state index is 0.210. The Morgan fingerprint density at radius 2 is 2.00 bits per heavy atom. The smallest absolute Gasteiger partial charge is 0.212 e. The van der Waals surface area contributed by atoms with Crippen molar-refractivity contribution in [1.29, 1.82) is 0 Å². The average molecular weight is 363 g/mol. The molecule has 0 radical (unpaired) electrons. The van der Waals surface area contributed by atoms with E-state index in [4.69, 9.17) is 4.74 Å². The van der Waals surface area contributed by atoms with E-state index in [0.717, 1.165) is 23.7 Å². The second-order valence-electron chi connectivity index (χ2n) is 9.80. The Morgan fingerprint density at radius 1 is 1.24 bits per heavy atom. The highest BCUT2D eigenvalue weighted by Crippen LogP contribution is 2.68. The normalized spacial score (nSPS) is 53.1. The van der Waals surface area contributed by atoms with E-state index in [9.17, 15) is 4.79 Å². The van der Waals surface area contributed by atoms with Gasteiger partial charge in [0.2, 0.25) is 5.12 Å². The molecule has 9 atom stereocenters. The van der Waals surface area contributed by atoms with Gasteiger partial charge in [-0.25, -0.2) is 0 Å². The minimum Gasteiger partial charge on any atom is -0.381 e. The van der Waals surface area contributed by atoms with Gasteiger partial charge in [0.15, 0.2) is 0 Å². The molecule has 0 N–H and O–H groups in total. The first-order valence-electron chi connectivity index (χ1n) is 10.2. The molecule has 1 heterocycles. The van der Waals surface area contributed by atoms with Crippen LogP contribution < -0.4 is 0 Å². The lowest BCUT2D eigenvalue weighted by atomic mass is 9.46. The van der Waals surface area contributed by atoms with Crippen LogP contribution in [0.25, 0.3) is 0 Å². The first kappa shape index (κ1) is 18.1. The number of carbonyl (C=O) groups excluding carboxylic acids is 1. The maximum Gasteiger partial charge on any atom is 0.212 e. The third-order valence-corrected chi connectivity index (χ3v) is 10.3. The third-order valence-electron chi connectivity index (χ3n) is 8.92. The van der Waals surface area contributed by atoms with Crippen molar-refractivity contribution in [2.75, 3.05) is 7.11 Å². The van der Waals surface area contributed by atoms with Gasteiger partial charge in [0.1, 0.15) is 0 Å². The molecule has 0 bridgehead atoms. The second-order valence-corrected chi connectivity index (χ2v) is 11.0. The second kappa shape index (κ2) is 6.12. The Balaban J connectivity index is 1.68. The topological polar surface area (TPSA) is 26.3 Å². The Hall–Kier alpha value is -0.280. The standard InChI is InChI=1S/C22H34O2S/c1-13-12-18-22(4,11-9-19(23)25-18)17-8-10-21(3)15(14(2)24-5)6-7-16(21)20(13)17/h9,11,13-18,20H,6-8,10,12H2,1-5H3/t13?,14?,15?,16-,17+,18?,20-,21+,22+/m0/s1. The molecule has 0 aromatic heterocycles. The van der Waals surface area contributed by atoms with Gasteiger partial charge in [0, 0.05) is 17.8 Å². The SMILES string of the molecule is COC(C)C1CC[C@H]2[C@@H]3C(C)CC4SC(=O)C=C[C@]4(C)[C@@H]3CC[C@]12C. The summed E-state index contributed by atoms with van der Waals surface area (Å²) in [5.74, 6) is 3.83. The monoisotopic (exact) mass is 362 g/mol. The molecule has 1 aliphatic heterocycles. The number of methoxy groups -OCH3 is 1. The van der Waals surface area contributed by atoms with Crippen LogP contribution in [0.4, 0.5) is 0 Å². The van der Waals surface area contributed by atoms with Gasteiger partial charge in [-0.1, -0.05) is 38.6 Å². The largest absolute Gasteiger partial charge is 0.381 e. The lowest BCUT2D eigenvalue weighted by Crippen LogP contribution is -2.56. The maximum atomic E-state index is 12.0. The van der Waals surface area contributed by atoms with Crippen LogP contribution in [0.15, 0.2) is 12.2 Å². The molecule has 0 spiro atoms.